The first kappa shape index (κ1) is 13.3. The van der Waals surface area contributed by atoms with E-state index < -0.39 is 0 Å². The van der Waals surface area contributed by atoms with Crippen molar-refractivity contribution < 1.29 is 9.59 Å². The summed E-state index contributed by atoms with van der Waals surface area (Å²) in [6, 6.07) is 19.6. The zero-order valence-corrected chi connectivity index (χ0v) is 11.4. The lowest BCUT2D eigenvalue weighted by Gasteiger charge is -2.21. The van der Waals surface area contributed by atoms with Gasteiger partial charge in [0, 0.05) is 11.5 Å². The molecular formula is C19H14O2. The highest BCUT2D eigenvalue weighted by molar-refractivity contribution is 6.18. The second kappa shape index (κ2) is 5.71. The number of hydrogen-bond acceptors (Lipinski definition) is 2. The van der Waals surface area contributed by atoms with Gasteiger partial charge in [-0.25, -0.2) is 0 Å². The number of ketones is 2. The normalized spacial score (nSPS) is 14.4. The van der Waals surface area contributed by atoms with Crippen LogP contribution >= 0.6 is 0 Å². The van der Waals surface area contributed by atoms with Gasteiger partial charge in [-0.05, 0) is 29.4 Å². The van der Waals surface area contributed by atoms with E-state index in [0.717, 1.165) is 11.1 Å². The van der Waals surface area contributed by atoms with Crippen LogP contribution in [0.1, 0.15) is 17.0 Å². The largest absolute Gasteiger partial charge is 0.290 e. The Balaban J connectivity index is 2.14. The Morgan fingerprint density at radius 2 is 1.19 bits per heavy atom. The van der Waals surface area contributed by atoms with Gasteiger partial charge in [0.15, 0.2) is 11.6 Å². The predicted molar refractivity (Wildman–Crippen MR) is 82.0 cm³/mol. The van der Waals surface area contributed by atoms with E-state index in [-0.39, 0.29) is 17.5 Å². The van der Waals surface area contributed by atoms with Crippen LogP contribution in [0.3, 0.4) is 0 Å². The van der Waals surface area contributed by atoms with Gasteiger partial charge in [-0.2, -0.15) is 0 Å². The fourth-order valence-electron chi connectivity index (χ4n) is 2.59. The second-order valence-corrected chi connectivity index (χ2v) is 4.95. The van der Waals surface area contributed by atoms with Gasteiger partial charge in [0.1, 0.15) is 0 Å². The molecule has 2 nitrogen and oxygen atoms in total. The summed E-state index contributed by atoms with van der Waals surface area (Å²) in [5.41, 5.74) is 2.54. The van der Waals surface area contributed by atoms with Crippen molar-refractivity contribution in [2.75, 3.05) is 0 Å². The first-order valence-corrected chi connectivity index (χ1v) is 6.83. The van der Waals surface area contributed by atoms with Crippen LogP contribution in [0.4, 0.5) is 0 Å². The molecule has 0 heterocycles. The molecule has 3 rings (SSSR count). The van der Waals surface area contributed by atoms with Crippen LogP contribution in [-0.2, 0) is 9.59 Å². The molecule has 0 saturated heterocycles. The SMILES string of the molecule is O=C1C=CC(=O)C(C(c2ccccc2)c2ccccc2)=C1. The molecule has 0 radical (unpaired) electrons. The van der Waals surface area contributed by atoms with E-state index in [1.807, 2.05) is 60.7 Å². The average molecular weight is 274 g/mol. The van der Waals surface area contributed by atoms with Crippen LogP contribution < -0.4 is 0 Å². The highest BCUT2D eigenvalue weighted by Crippen LogP contribution is 2.33. The lowest BCUT2D eigenvalue weighted by Crippen LogP contribution is -2.16. The van der Waals surface area contributed by atoms with Gasteiger partial charge in [-0.3, -0.25) is 9.59 Å². The van der Waals surface area contributed by atoms with E-state index in [4.69, 9.17) is 0 Å². The van der Waals surface area contributed by atoms with Gasteiger partial charge in [-0.15, -0.1) is 0 Å². The summed E-state index contributed by atoms with van der Waals surface area (Å²) < 4.78 is 0. The summed E-state index contributed by atoms with van der Waals surface area (Å²) in [7, 11) is 0. The van der Waals surface area contributed by atoms with Crippen LogP contribution in [0.15, 0.2) is 84.5 Å². The first-order chi connectivity index (χ1) is 10.3. The summed E-state index contributed by atoms with van der Waals surface area (Å²) in [5.74, 6) is -0.456. The molecule has 0 aliphatic heterocycles. The van der Waals surface area contributed by atoms with Crippen molar-refractivity contribution in [3.8, 4) is 0 Å². The molecule has 0 N–H and O–H groups in total. The average Bonchev–Trinajstić information content (AvgIpc) is 2.53. The fraction of sp³-hybridized carbons (Fsp3) is 0.0526. The Kier molecular flexibility index (Phi) is 3.61. The molecule has 0 amide bonds. The van der Waals surface area contributed by atoms with Crippen LogP contribution in [0.25, 0.3) is 0 Å². The topological polar surface area (TPSA) is 34.1 Å². The fourth-order valence-corrected chi connectivity index (χ4v) is 2.59. The van der Waals surface area contributed by atoms with Crippen molar-refractivity contribution in [3.05, 3.63) is 95.6 Å². The van der Waals surface area contributed by atoms with Crippen molar-refractivity contribution in [2.45, 2.75) is 5.92 Å². The van der Waals surface area contributed by atoms with Crippen LogP contribution in [0.5, 0.6) is 0 Å². The van der Waals surface area contributed by atoms with Crippen molar-refractivity contribution in [3.63, 3.8) is 0 Å². The van der Waals surface area contributed by atoms with Crippen LogP contribution in [0, 0.1) is 0 Å². The maximum Gasteiger partial charge on any atom is 0.183 e. The molecule has 21 heavy (non-hydrogen) atoms. The molecule has 2 aromatic rings. The van der Waals surface area contributed by atoms with Crippen molar-refractivity contribution in [2.24, 2.45) is 0 Å². The Morgan fingerprint density at radius 3 is 1.71 bits per heavy atom. The van der Waals surface area contributed by atoms with Gasteiger partial charge < -0.3 is 0 Å². The minimum atomic E-state index is -0.214. The maximum absolute atomic E-state index is 12.2. The minimum absolute atomic E-state index is 0.104. The van der Waals surface area contributed by atoms with Crippen molar-refractivity contribution in [1.82, 2.24) is 0 Å². The Bertz CT molecular complexity index is 685. The highest BCUT2D eigenvalue weighted by Gasteiger charge is 2.25. The summed E-state index contributed by atoms with van der Waals surface area (Å²) in [5, 5.41) is 0. The first-order valence-electron chi connectivity index (χ1n) is 6.83. The molecule has 1 aliphatic rings. The summed E-state index contributed by atoms with van der Waals surface area (Å²) in [4.78, 5) is 23.9. The Hall–Kier alpha value is -2.74. The maximum atomic E-state index is 12.2. The van der Waals surface area contributed by atoms with E-state index >= 15 is 0 Å². The minimum Gasteiger partial charge on any atom is -0.290 e. The van der Waals surface area contributed by atoms with E-state index in [9.17, 15) is 9.59 Å². The molecule has 0 aromatic heterocycles. The molecule has 0 saturated carbocycles. The van der Waals surface area contributed by atoms with Gasteiger partial charge in [0.2, 0.25) is 0 Å². The van der Waals surface area contributed by atoms with Gasteiger partial charge in [0.05, 0.1) is 0 Å². The summed E-state index contributed by atoms with van der Waals surface area (Å²) >= 11 is 0. The second-order valence-electron chi connectivity index (χ2n) is 4.95. The monoisotopic (exact) mass is 274 g/mol. The lowest BCUT2D eigenvalue weighted by molar-refractivity contribution is -0.114. The van der Waals surface area contributed by atoms with Gasteiger partial charge in [-0.1, -0.05) is 60.7 Å². The zero-order chi connectivity index (χ0) is 14.7. The third kappa shape index (κ3) is 2.75. The smallest absolute Gasteiger partial charge is 0.183 e. The van der Waals surface area contributed by atoms with E-state index in [0.29, 0.717) is 5.57 Å². The Morgan fingerprint density at radius 1 is 0.667 bits per heavy atom. The molecule has 0 fully saturated rings. The lowest BCUT2D eigenvalue weighted by atomic mass is 9.81. The predicted octanol–water partition coefficient (Wildman–Crippen LogP) is 3.45. The molecule has 0 bridgehead atoms. The van der Waals surface area contributed by atoms with Gasteiger partial charge in [0.25, 0.3) is 0 Å². The van der Waals surface area contributed by atoms with E-state index in [2.05, 4.69) is 0 Å². The molecular weight excluding hydrogens is 260 g/mol. The number of allylic oxidation sites excluding steroid dienone is 4. The highest BCUT2D eigenvalue weighted by atomic mass is 16.1. The molecule has 2 aromatic carbocycles. The molecule has 0 spiro atoms. The van der Waals surface area contributed by atoms with E-state index in [1.165, 1.54) is 18.2 Å². The Labute approximate surface area is 123 Å². The van der Waals surface area contributed by atoms with E-state index in [1.54, 1.807) is 0 Å². The van der Waals surface area contributed by atoms with Crippen molar-refractivity contribution >= 4 is 11.6 Å². The number of hydrogen-bond donors (Lipinski definition) is 0. The zero-order valence-electron chi connectivity index (χ0n) is 11.4. The quantitative estimate of drug-likeness (QED) is 0.803. The third-order valence-electron chi connectivity index (χ3n) is 3.56. The number of benzene rings is 2. The number of rotatable bonds is 3. The molecule has 1 aliphatic carbocycles. The number of carbonyl (C=O) groups is 2. The van der Waals surface area contributed by atoms with Crippen molar-refractivity contribution in [1.29, 1.82) is 0 Å². The molecule has 0 atom stereocenters. The summed E-state index contributed by atoms with van der Waals surface area (Å²) in [6.07, 6.45) is 4.13. The number of carbonyl (C=O) groups excluding carboxylic acids is 2. The van der Waals surface area contributed by atoms with Crippen LogP contribution in [-0.4, -0.2) is 11.6 Å². The molecule has 0 unspecified atom stereocenters. The standard InChI is InChI=1S/C19H14O2/c20-16-11-12-18(21)17(13-16)19(14-7-3-1-4-8-14)15-9-5-2-6-10-15/h1-13,19H. The van der Waals surface area contributed by atoms with Gasteiger partial charge >= 0.3 is 0 Å². The molecule has 102 valence electrons. The summed E-state index contributed by atoms with van der Waals surface area (Å²) in [6.45, 7) is 0. The van der Waals surface area contributed by atoms with Crippen LogP contribution in [0.2, 0.25) is 0 Å². The third-order valence-corrected chi connectivity index (χ3v) is 3.56. The molecule has 2 heteroatoms.